The number of para-hydroxylation sites is 3. The molecular formula is C17H14FN3OS. The van der Waals surface area contributed by atoms with Crippen molar-refractivity contribution in [2.24, 2.45) is 0 Å². The van der Waals surface area contributed by atoms with E-state index in [2.05, 4.69) is 9.97 Å². The number of benzene rings is 2. The summed E-state index contributed by atoms with van der Waals surface area (Å²) in [6.45, 7) is 2.77. The Morgan fingerprint density at radius 1 is 1.13 bits per heavy atom. The van der Waals surface area contributed by atoms with Crippen LogP contribution in [0.25, 0.3) is 22.1 Å². The van der Waals surface area contributed by atoms with Gasteiger partial charge in [-0.3, -0.25) is 0 Å². The van der Waals surface area contributed by atoms with Crippen LogP contribution in [0.2, 0.25) is 0 Å². The molecule has 0 bridgehead atoms. The molecule has 0 saturated carbocycles. The first-order valence-electron chi connectivity index (χ1n) is 7.38. The Bertz CT molecular complexity index is 959. The average molecular weight is 327 g/mol. The quantitative estimate of drug-likeness (QED) is 0.513. The van der Waals surface area contributed by atoms with Crippen LogP contribution in [0.15, 0.2) is 52.1 Å². The van der Waals surface area contributed by atoms with E-state index >= 15 is 0 Å². The van der Waals surface area contributed by atoms with Gasteiger partial charge in [-0.15, -0.1) is 0 Å². The lowest BCUT2D eigenvalue weighted by molar-refractivity contribution is 0.489. The minimum atomic E-state index is -0.289. The summed E-state index contributed by atoms with van der Waals surface area (Å²) in [4.78, 5) is 8.89. The Hall–Kier alpha value is -2.34. The van der Waals surface area contributed by atoms with E-state index in [4.69, 9.17) is 4.42 Å². The van der Waals surface area contributed by atoms with Gasteiger partial charge in [-0.1, -0.05) is 30.0 Å². The fraction of sp³-hybridized carbons (Fsp3) is 0.176. The summed E-state index contributed by atoms with van der Waals surface area (Å²) in [5.74, 6) is 1.11. The van der Waals surface area contributed by atoms with Crippen LogP contribution in [0.5, 0.6) is 0 Å². The third-order valence-corrected chi connectivity index (χ3v) is 4.55. The third-order valence-electron chi connectivity index (χ3n) is 3.72. The highest BCUT2D eigenvalue weighted by atomic mass is 32.2. The molecule has 0 amide bonds. The zero-order valence-electron chi connectivity index (χ0n) is 12.5. The van der Waals surface area contributed by atoms with E-state index in [1.165, 1.54) is 17.8 Å². The van der Waals surface area contributed by atoms with Gasteiger partial charge in [0.05, 0.1) is 11.3 Å². The Balaban J connectivity index is 1.65. The van der Waals surface area contributed by atoms with Crippen LogP contribution in [-0.4, -0.2) is 14.5 Å². The van der Waals surface area contributed by atoms with Crippen LogP contribution in [0.3, 0.4) is 0 Å². The number of hydrogen-bond acceptors (Lipinski definition) is 4. The van der Waals surface area contributed by atoms with Crippen molar-refractivity contribution in [1.29, 1.82) is 0 Å². The molecule has 0 unspecified atom stereocenters. The number of rotatable bonds is 4. The lowest BCUT2D eigenvalue weighted by Gasteiger charge is -2.04. The lowest BCUT2D eigenvalue weighted by atomic mass is 10.3. The molecule has 2 aromatic carbocycles. The summed E-state index contributed by atoms with van der Waals surface area (Å²) < 4.78 is 21.6. The zero-order chi connectivity index (χ0) is 15.8. The van der Waals surface area contributed by atoms with Gasteiger partial charge in [0.15, 0.2) is 11.4 Å². The Morgan fingerprint density at radius 2 is 2.00 bits per heavy atom. The van der Waals surface area contributed by atoms with E-state index in [1.54, 1.807) is 6.07 Å². The predicted molar refractivity (Wildman–Crippen MR) is 88.9 cm³/mol. The highest BCUT2D eigenvalue weighted by molar-refractivity contribution is 7.98. The Morgan fingerprint density at radius 3 is 2.83 bits per heavy atom. The largest absolute Gasteiger partial charge is 0.431 e. The maximum Gasteiger partial charge on any atom is 0.257 e. The van der Waals surface area contributed by atoms with Gasteiger partial charge in [-0.25, -0.2) is 14.4 Å². The van der Waals surface area contributed by atoms with Crippen molar-refractivity contribution in [2.45, 2.75) is 24.4 Å². The normalized spacial score (nSPS) is 11.6. The van der Waals surface area contributed by atoms with E-state index in [9.17, 15) is 4.39 Å². The van der Waals surface area contributed by atoms with Crippen LogP contribution < -0.4 is 0 Å². The molecule has 2 heterocycles. The number of aromatic nitrogens is 3. The van der Waals surface area contributed by atoms with Crippen molar-refractivity contribution in [3.8, 4) is 0 Å². The summed E-state index contributed by atoms with van der Waals surface area (Å²) in [5.41, 5.74) is 2.85. The first-order valence-corrected chi connectivity index (χ1v) is 8.37. The molecule has 0 radical (unpaired) electrons. The number of oxazole rings is 1. The number of imidazole rings is 1. The van der Waals surface area contributed by atoms with E-state index in [-0.39, 0.29) is 5.82 Å². The molecule has 0 spiro atoms. The van der Waals surface area contributed by atoms with Crippen LogP contribution in [0.1, 0.15) is 12.7 Å². The van der Waals surface area contributed by atoms with Crippen LogP contribution in [-0.2, 0) is 12.3 Å². The summed E-state index contributed by atoms with van der Waals surface area (Å²) in [5, 5.41) is 0.599. The molecule has 4 nitrogen and oxygen atoms in total. The molecule has 116 valence electrons. The zero-order valence-corrected chi connectivity index (χ0v) is 13.3. The summed E-state index contributed by atoms with van der Waals surface area (Å²) in [6, 6.07) is 12.7. The first kappa shape index (κ1) is 14.3. The minimum Gasteiger partial charge on any atom is -0.431 e. The monoisotopic (exact) mass is 327 g/mol. The number of hydrogen-bond donors (Lipinski definition) is 0. The molecule has 0 aliphatic carbocycles. The van der Waals surface area contributed by atoms with Gasteiger partial charge in [0.25, 0.3) is 5.22 Å². The molecule has 0 atom stereocenters. The molecule has 0 aliphatic heterocycles. The standard InChI is InChI=1S/C17H14FN3OS/c1-2-21-13-8-5-6-11(18)16(13)20-15(21)10-23-17-19-12-7-3-4-9-14(12)22-17/h3-9H,2,10H2,1H3. The highest BCUT2D eigenvalue weighted by Gasteiger charge is 2.14. The molecular weight excluding hydrogens is 313 g/mol. The molecule has 4 aromatic rings. The molecule has 0 N–H and O–H groups in total. The van der Waals surface area contributed by atoms with E-state index in [1.807, 2.05) is 41.8 Å². The van der Waals surface area contributed by atoms with Gasteiger partial charge in [-0.05, 0) is 31.2 Å². The number of thioether (sulfide) groups is 1. The second kappa shape index (κ2) is 5.70. The Kier molecular flexibility index (Phi) is 3.53. The second-order valence-corrected chi connectivity index (χ2v) is 6.04. The van der Waals surface area contributed by atoms with Crippen molar-refractivity contribution in [2.75, 3.05) is 0 Å². The third kappa shape index (κ3) is 2.49. The lowest BCUT2D eigenvalue weighted by Crippen LogP contribution is -2.00. The molecule has 6 heteroatoms. The molecule has 0 aliphatic rings. The predicted octanol–water partition coefficient (Wildman–Crippen LogP) is 4.63. The SMILES string of the molecule is CCn1c(CSc2nc3ccccc3o2)nc2c(F)cccc21. The topological polar surface area (TPSA) is 43.9 Å². The summed E-state index contributed by atoms with van der Waals surface area (Å²) in [7, 11) is 0. The van der Waals surface area contributed by atoms with Crippen LogP contribution >= 0.6 is 11.8 Å². The molecule has 0 saturated heterocycles. The maximum absolute atomic E-state index is 13.9. The van der Waals surface area contributed by atoms with Crippen molar-refractivity contribution < 1.29 is 8.81 Å². The van der Waals surface area contributed by atoms with Gasteiger partial charge < -0.3 is 8.98 Å². The Labute approximate surface area is 136 Å². The van der Waals surface area contributed by atoms with Gasteiger partial charge in [0.2, 0.25) is 0 Å². The van der Waals surface area contributed by atoms with E-state index in [0.29, 0.717) is 16.5 Å². The fourth-order valence-electron chi connectivity index (χ4n) is 2.66. The van der Waals surface area contributed by atoms with Crippen molar-refractivity contribution >= 4 is 33.9 Å². The second-order valence-electron chi connectivity index (χ2n) is 5.12. The van der Waals surface area contributed by atoms with E-state index in [0.717, 1.165) is 29.0 Å². The van der Waals surface area contributed by atoms with Crippen LogP contribution in [0, 0.1) is 5.82 Å². The van der Waals surface area contributed by atoms with Gasteiger partial charge in [-0.2, -0.15) is 0 Å². The van der Waals surface area contributed by atoms with Crippen molar-refractivity contribution in [1.82, 2.24) is 14.5 Å². The number of halogens is 1. The molecule has 23 heavy (non-hydrogen) atoms. The molecule has 2 aromatic heterocycles. The van der Waals surface area contributed by atoms with Gasteiger partial charge in [0, 0.05) is 6.54 Å². The van der Waals surface area contributed by atoms with Crippen molar-refractivity contribution in [3.63, 3.8) is 0 Å². The maximum atomic E-state index is 13.9. The fourth-order valence-corrected chi connectivity index (χ4v) is 3.45. The van der Waals surface area contributed by atoms with Gasteiger partial charge in [0.1, 0.15) is 16.9 Å². The number of aryl methyl sites for hydroxylation is 1. The summed E-state index contributed by atoms with van der Waals surface area (Å²) >= 11 is 1.47. The minimum absolute atomic E-state index is 0.289. The average Bonchev–Trinajstić information content (AvgIpc) is 3.14. The van der Waals surface area contributed by atoms with Crippen molar-refractivity contribution in [3.05, 3.63) is 54.1 Å². The summed E-state index contributed by atoms with van der Waals surface area (Å²) in [6.07, 6.45) is 0. The number of fused-ring (bicyclic) bond motifs is 2. The van der Waals surface area contributed by atoms with Crippen LogP contribution in [0.4, 0.5) is 4.39 Å². The van der Waals surface area contributed by atoms with Gasteiger partial charge >= 0.3 is 0 Å². The molecule has 4 rings (SSSR count). The smallest absolute Gasteiger partial charge is 0.257 e. The highest BCUT2D eigenvalue weighted by Crippen LogP contribution is 2.28. The first-order chi connectivity index (χ1) is 11.3. The van der Waals surface area contributed by atoms with E-state index < -0.39 is 0 Å². The molecule has 0 fully saturated rings. The number of nitrogens with zero attached hydrogens (tertiary/aromatic N) is 3.